The number of nitrogens with one attached hydrogen (secondary N) is 2. The van der Waals surface area contributed by atoms with Crippen molar-refractivity contribution in [3.63, 3.8) is 0 Å². The first-order chi connectivity index (χ1) is 17.2. The van der Waals surface area contributed by atoms with Gasteiger partial charge in [-0.05, 0) is 55.6 Å². The summed E-state index contributed by atoms with van der Waals surface area (Å²) in [4.78, 5) is 31.8. The number of thiazole rings is 1. The van der Waals surface area contributed by atoms with Gasteiger partial charge in [0.25, 0.3) is 5.91 Å². The van der Waals surface area contributed by atoms with E-state index in [1.165, 1.54) is 24.0 Å². The predicted molar refractivity (Wildman–Crippen MR) is 137 cm³/mol. The standard InChI is InChI=1S/C27H37N3O5S/c1-26-11-10-21(32)27(2,15-31)20(26)14-19-23(17(26)13-22(33)28-16-7-4-3-5-8-16)29-25(36-19)30-24(34)18-9-6-12-35-18/h6,9,12,16-17,20-21,31-32H,3-5,7-8,10-11,13-15H2,1-2H3,(H,28,33)(H,29,30,34)/t17-,20+,21-,26+,27+/m1/s1. The molecule has 0 spiro atoms. The SMILES string of the molecule is C[C@]1(CO)[C@H]2Cc3sc(NC(=O)c4ccco4)nc3[C@@H](CC(=O)NC3CCCCC3)[C@]2(C)CC[C@H]1O. The maximum atomic E-state index is 13.3. The fourth-order valence-corrected chi connectivity index (χ4v) is 8.05. The van der Waals surface area contributed by atoms with E-state index < -0.39 is 11.5 Å². The summed E-state index contributed by atoms with van der Waals surface area (Å²) in [5, 5.41) is 27.9. The Bertz CT molecular complexity index is 1100. The maximum Gasteiger partial charge on any atom is 0.293 e. The van der Waals surface area contributed by atoms with Gasteiger partial charge in [-0.1, -0.05) is 33.1 Å². The average Bonchev–Trinajstić information content (AvgIpc) is 3.54. The molecular formula is C27H37N3O5S. The molecule has 196 valence electrons. The minimum Gasteiger partial charge on any atom is -0.459 e. The summed E-state index contributed by atoms with van der Waals surface area (Å²) in [5.41, 5.74) is -0.127. The van der Waals surface area contributed by atoms with Crippen LogP contribution in [0.2, 0.25) is 0 Å². The van der Waals surface area contributed by atoms with E-state index in [0.29, 0.717) is 24.4 Å². The Labute approximate surface area is 215 Å². The van der Waals surface area contributed by atoms with E-state index in [4.69, 9.17) is 9.40 Å². The van der Waals surface area contributed by atoms with Gasteiger partial charge in [0.15, 0.2) is 10.9 Å². The van der Waals surface area contributed by atoms with E-state index in [-0.39, 0.29) is 47.5 Å². The second kappa shape index (κ2) is 9.91. The van der Waals surface area contributed by atoms with E-state index in [1.807, 2.05) is 6.92 Å². The molecule has 36 heavy (non-hydrogen) atoms. The number of aliphatic hydroxyl groups excluding tert-OH is 2. The summed E-state index contributed by atoms with van der Waals surface area (Å²) in [6.45, 7) is 4.04. The number of hydrogen-bond acceptors (Lipinski definition) is 7. The van der Waals surface area contributed by atoms with Crippen molar-refractivity contribution in [2.45, 2.75) is 89.7 Å². The Morgan fingerprint density at radius 2 is 2.00 bits per heavy atom. The molecule has 2 saturated carbocycles. The molecule has 0 aromatic carbocycles. The summed E-state index contributed by atoms with van der Waals surface area (Å²) in [7, 11) is 0. The van der Waals surface area contributed by atoms with Crippen molar-refractivity contribution >= 4 is 28.3 Å². The summed E-state index contributed by atoms with van der Waals surface area (Å²) in [6.07, 6.45) is 8.70. The molecule has 0 bridgehead atoms. The summed E-state index contributed by atoms with van der Waals surface area (Å²) in [6, 6.07) is 3.49. The second-order valence-electron chi connectivity index (χ2n) is 11.4. The van der Waals surface area contributed by atoms with Crippen molar-refractivity contribution in [1.29, 1.82) is 0 Å². The number of carbonyl (C=O) groups is 2. The largest absolute Gasteiger partial charge is 0.459 e. The molecule has 0 unspecified atom stereocenters. The van der Waals surface area contributed by atoms with Gasteiger partial charge < -0.3 is 19.9 Å². The van der Waals surface area contributed by atoms with Gasteiger partial charge in [0.05, 0.1) is 24.7 Å². The summed E-state index contributed by atoms with van der Waals surface area (Å²) in [5.74, 6) is -0.308. The van der Waals surface area contributed by atoms with Gasteiger partial charge in [-0.2, -0.15) is 0 Å². The zero-order valence-corrected chi connectivity index (χ0v) is 21.9. The van der Waals surface area contributed by atoms with Gasteiger partial charge in [0.1, 0.15) is 0 Å². The fraction of sp³-hybridized carbons (Fsp3) is 0.667. The van der Waals surface area contributed by atoms with E-state index in [0.717, 1.165) is 42.7 Å². The monoisotopic (exact) mass is 515 g/mol. The van der Waals surface area contributed by atoms with Crippen molar-refractivity contribution in [3.05, 3.63) is 34.7 Å². The number of carbonyl (C=O) groups excluding carboxylic acids is 2. The molecule has 4 N–H and O–H groups in total. The average molecular weight is 516 g/mol. The Hall–Kier alpha value is -2.23. The molecule has 2 heterocycles. The summed E-state index contributed by atoms with van der Waals surface area (Å²) < 4.78 is 5.22. The van der Waals surface area contributed by atoms with E-state index in [1.54, 1.807) is 12.1 Å². The van der Waals surface area contributed by atoms with Crippen molar-refractivity contribution in [3.8, 4) is 0 Å². The van der Waals surface area contributed by atoms with Gasteiger partial charge in [-0.25, -0.2) is 4.98 Å². The molecule has 5 rings (SSSR count). The number of furan rings is 1. The first kappa shape index (κ1) is 25.4. The highest BCUT2D eigenvalue weighted by molar-refractivity contribution is 7.15. The summed E-state index contributed by atoms with van der Waals surface area (Å²) >= 11 is 1.41. The van der Waals surface area contributed by atoms with Gasteiger partial charge in [0, 0.05) is 28.7 Å². The van der Waals surface area contributed by atoms with Crippen LogP contribution in [0.1, 0.15) is 92.3 Å². The van der Waals surface area contributed by atoms with Crippen LogP contribution >= 0.6 is 11.3 Å². The van der Waals surface area contributed by atoms with Crippen LogP contribution in [0, 0.1) is 16.7 Å². The van der Waals surface area contributed by atoms with Crippen LogP contribution in [0.5, 0.6) is 0 Å². The van der Waals surface area contributed by atoms with Crippen LogP contribution in [-0.4, -0.2) is 45.8 Å². The number of hydrogen-bond donors (Lipinski definition) is 4. The van der Waals surface area contributed by atoms with Crippen LogP contribution in [0.25, 0.3) is 0 Å². The quantitative estimate of drug-likeness (QED) is 0.456. The minimum absolute atomic E-state index is 0.0206. The molecule has 0 aliphatic heterocycles. The fourth-order valence-electron chi connectivity index (χ4n) is 6.98. The minimum atomic E-state index is -0.676. The molecular weight excluding hydrogens is 478 g/mol. The number of anilines is 1. The molecule has 2 fully saturated rings. The lowest BCUT2D eigenvalue weighted by Crippen LogP contribution is -2.57. The molecule has 2 aromatic heterocycles. The lowest BCUT2D eigenvalue weighted by molar-refractivity contribution is -0.144. The number of nitrogens with zero attached hydrogens (tertiary/aromatic N) is 1. The van der Waals surface area contributed by atoms with E-state index >= 15 is 0 Å². The molecule has 3 aliphatic carbocycles. The number of fused-ring (bicyclic) bond motifs is 2. The zero-order valence-electron chi connectivity index (χ0n) is 21.1. The number of aliphatic hydroxyl groups is 2. The normalized spacial score (nSPS) is 32.4. The maximum absolute atomic E-state index is 13.3. The molecule has 0 radical (unpaired) electrons. The second-order valence-corrected chi connectivity index (χ2v) is 12.5. The highest BCUT2D eigenvalue weighted by atomic mass is 32.1. The first-order valence-corrected chi connectivity index (χ1v) is 14.0. The van der Waals surface area contributed by atoms with Crippen LogP contribution in [-0.2, 0) is 11.2 Å². The molecule has 0 saturated heterocycles. The van der Waals surface area contributed by atoms with Crippen molar-refractivity contribution in [1.82, 2.24) is 10.3 Å². The molecule has 9 heteroatoms. The smallest absolute Gasteiger partial charge is 0.293 e. The van der Waals surface area contributed by atoms with Gasteiger partial charge in [-0.15, -0.1) is 11.3 Å². The van der Waals surface area contributed by atoms with Crippen LogP contribution in [0.4, 0.5) is 5.13 Å². The Morgan fingerprint density at radius 3 is 2.69 bits per heavy atom. The Kier molecular flexibility index (Phi) is 7.00. The third-order valence-corrected chi connectivity index (χ3v) is 10.2. The van der Waals surface area contributed by atoms with Crippen molar-refractivity contribution in [2.75, 3.05) is 11.9 Å². The zero-order chi connectivity index (χ0) is 25.5. The van der Waals surface area contributed by atoms with Crippen LogP contribution in [0.15, 0.2) is 22.8 Å². The van der Waals surface area contributed by atoms with Gasteiger partial charge >= 0.3 is 0 Å². The number of rotatable bonds is 6. The molecule has 3 aliphatic rings. The highest BCUT2D eigenvalue weighted by Gasteiger charge is 2.59. The highest BCUT2D eigenvalue weighted by Crippen LogP contribution is 2.62. The molecule has 2 amide bonds. The molecule has 2 aromatic rings. The van der Waals surface area contributed by atoms with E-state index in [9.17, 15) is 19.8 Å². The molecule has 8 nitrogen and oxygen atoms in total. The van der Waals surface area contributed by atoms with Gasteiger partial charge in [-0.3, -0.25) is 14.9 Å². The van der Waals surface area contributed by atoms with Crippen LogP contribution < -0.4 is 10.6 Å². The first-order valence-electron chi connectivity index (χ1n) is 13.2. The Balaban J connectivity index is 1.46. The lowest BCUT2D eigenvalue weighted by atomic mass is 9.47. The number of amides is 2. The van der Waals surface area contributed by atoms with Gasteiger partial charge in [0.2, 0.25) is 5.91 Å². The van der Waals surface area contributed by atoms with Crippen molar-refractivity contribution < 1.29 is 24.2 Å². The van der Waals surface area contributed by atoms with E-state index in [2.05, 4.69) is 17.6 Å². The third-order valence-electron chi connectivity index (χ3n) is 9.22. The topological polar surface area (TPSA) is 125 Å². The van der Waals surface area contributed by atoms with Crippen LogP contribution in [0.3, 0.4) is 0 Å². The lowest BCUT2D eigenvalue weighted by Gasteiger charge is -2.58. The number of aromatic nitrogens is 1. The predicted octanol–water partition coefficient (Wildman–Crippen LogP) is 4.24. The molecule has 5 atom stereocenters. The van der Waals surface area contributed by atoms with Crippen molar-refractivity contribution in [2.24, 2.45) is 16.7 Å². The third kappa shape index (κ3) is 4.50. The Morgan fingerprint density at radius 1 is 1.22 bits per heavy atom.